The van der Waals surface area contributed by atoms with Crippen molar-refractivity contribution in [3.05, 3.63) is 48.3 Å². The molecule has 130 valence electrons. The van der Waals surface area contributed by atoms with Gasteiger partial charge in [0.05, 0.1) is 5.69 Å². The van der Waals surface area contributed by atoms with E-state index in [2.05, 4.69) is 51.2 Å². The Hall–Kier alpha value is -1.95. The number of nitrogens with zero attached hydrogens (tertiary/aromatic N) is 3. The second kappa shape index (κ2) is 10.8. The van der Waals surface area contributed by atoms with Crippen LogP contribution in [-0.2, 0) is 6.42 Å². The molecular weight excluding hydrogens is 318 g/mol. The number of nitrogens with one attached hydrogen (secondary N) is 2. The summed E-state index contributed by atoms with van der Waals surface area (Å²) in [5.41, 5.74) is 2.38. The highest BCUT2D eigenvalue weighted by Gasteiger charge is 1.99. The van der Waals surface area contributed by atoms with E-state index in [4.69, 9.17) is 0 Å². The normalized spacial score (nSPS) is 11.5. The maximum absolute atomic E-state index is 4.26. The number of rotatable bonds is 9. The lowest BCUT2D eigenvalue weighted by Gasteiger charge is -2.12. The molecule has 2 rings (SSSR count). The Kier molecular flexibility index (Phi) is 8.24. The molecule has 24 heavy (non-hydrogen) atoms. The number of unbranched alkanes of at least 4 members (excludes halogenated alkanes) is 1. The van der Waals surface area contributed by atoms with Gasteiger partial charge in [-0.05, 0) is 55.0 Å². The summed E-state index contributed by atoms with van der Waals surface area (Å²) in [6.07, 6.45) is 9.27. The molecular formula is C18H27N5S. The van der Waals surface area contributed by atoms with E-state index < -0.39 is 0 Å². The summed E-state index contributed by atoms with van der Waals surface area (Å²) < 4.78 is 1.87. The lowest BCUT2D eigenvalue weighted by molar-refractivity contribution is 0.730. The predicted molar refractivity (Wildman–Crippen MR) is 104 cm³/mol. The average Bonchev–Trinajstić information content (AvgIpc) is 3.15. The van der Waals surface area contributed by atoms with E-state index in [0.29, 0.717) is 0 Å². The Morgan fingerprint density at radius 3 is 2.62 bits per heavy atom. The molecule has 0 amide bonds. The van der Waals surface area contributed by atoms with Crippen LogP contribution in [0.5, 0.6) is 0 Å². The maximum Gasteiger partial charge on any atom is 0.190 e. The SMILES string of the molecule is CN=C(NCCCCSC)NCCc1ccc(-n2cccn2)cc1. The van der Waals surface area contributed by atoms with Gasteiger partial charge in [0.15, 0.2) is 5.96 Å². The first-order valence-corrected chi connectivity index (χ1v) is 9.75. The van der Waals surface area contributed by atoms with Gasteiger partial charge in [-0.3, -0.25) is 4.99 Å². The predicted octanol–water partition coefficient (Wildman–Crippen LogP) is 2.72. The highest BCUT2D eigenvalue weighted by atomic mass is 32.2. The third-order valence-corrected chi connectivity index (χ3v) is 4.40. The van der Waals surface area contributed by atoms with E-state index in [9.17, 15) is 0 Å². The highest BCUT2D eigenvalue weighted by molar-refractivity contribution is 7.98. The molecule has 5 nitrogen and oxygen atoms in total. The highest BCUT2D eigenvalue weighted by Crippen LogP contribution is 2.08. The molecule has 1 aromatic carbocycles. The molecule has 2 aromatic rings. The van der Waals surface area contributed by atoms with Crippen molar-refractivity contribution in [1.82, 2.24) is 20.4 Å². The summed E-state index contributed by atoms with van der Waals surface area (Å²) in [6.45, 7) is 1.84. The average molecular weight is 346 g/mol. The minimum Gasteiger partial charge on any atom is -0.356 e. The first-order chi connectivity index (χ1) is 11.8. The van der Waals surface area contributed by atoms with Crippen molar-refractivity contribution in [3.8, 4) is 5.69 Å². The monoisotopic (exact) mass is 345 g/mol. The van der Waals surface area contributed by atoms with E-state index in [1.54, 1.807) is 6.20 Å². The summed E-state index contributed by atoms with van der Waals surface area (Å²) in [5.74, 6) is 2.11. The van der Waals surface area contributed by atoms with E-state index in [1.807, 2.05) is 35.8 Å². The third-order valence-electron chi connectivity index (χ3n) is 3.70. The summed E-state index contributed by atoms with van der Waals surface area (Å²) in [4.78, 5) is 4.26. The summed E-state index contributed by atoms with van der Waals surface area (Å²) in [7, 11) is 1.82. The van der Waals surface area contributed by atoms with Crippen LogP contribution in [0.25, 0.3) is 5.69 Å². The summed E-state index contributed by atoms with van der Waals surface area (Å²) >= 11 is 1.90. The fourth-order valence-electron chi connectivity index (χ4n) is 2.36. The number of hydrogen-bond donors (Lipinski definition) is 2. The quantitative estimate of drug-likeness (QED) is 0.417. The van der Waals surface area contributed by atoms with Crippen LogP contribution in [0.2, 0.25) is 0 Å². The van der Waals surface area contributed by atoms with Gasteiger partial charge in [-0.2, -0.15) is 16.9 Å². The molecule has 0 atom stereocenters. The van der Waals surface area contributed by atoms with Gasteiger partial charge in [-0.1, -0.05) is 12.1 Å². The standard InChI is InChI=1S/C18H27N5S/c1-19-18(20-11-3-4-15-24-2)21-13-10-16-6-8-17(9-7-16)23-14-5-12-22-23/h5-9,12,14H,3-4,10-11,13,15H2,1-2H3,(H2,19,20,21). The molecule has 0 aliphatic rings. The van der Waals surface area contributed by atoms with E-state index in [0.717, 1.165) is 31.2 Å². The Labute approximate surface area is 148 Å². The maximum atomic E-state index is 4.26. The van der Waals surface area contributed by atoms with Crippen molar-refractivity contribution < 1.29 is 0 Å². The smallest absolute Gasteiger partial charge is 0.190 e. The molecule has 0 radical (unpaired) electrons. The van der Waals surface area contributed by atoms with Crippen molar-refractivity contribution in [2.75, 3.05) is 32.1 Å². The van der Waals surface area contributed by atoms with E-state index >= 15 is 0 Å². The largest absolute Gasteiger partial charge is 0.356 e. The van der Waals surface area contributed by atoms with Crippen LogP contribution < -0.4 is 10.6 Å². The molecule has 0 bridgehead atoms. The van der Waals surface area contributed by atoms with Crippen LogP contribution >= 0.6 is 11.8 Å². The molecule has 1 heterocycles. The molecule has 0 fully saturated rings. The number of hydrogen-bond acceptors (Lipinski definition) is 3. The van der Waals surface area contributed by atoms with Gasteiger partial charge in [0.1, 0.15) is 0 Å². The minimum atomic E-state index is 0.867. The molecule has 2 N–H and O–H groups in total. The molecule has 6 heteroatoms. The lowest BCUT2D eigenvalue weighted by atomic mass is 10.1. The molecule has 0 aliphatic heterocycles. The van der Waals surface area contributed by atoms with Crippen molar-refractivity contribution in [2.24, 2.45) is 4.99 Å². The van der Waals surface area contributed by atoms with E-state index in [-0.39, 0.29) is 0 Å². The van der Waals surface area contributed by atoms with Crippen LogP contribution in [0, 0.1) is 0 Å². The fourth-order valence-corrected chi connectivity index (χ4v) is 2.85. The van der Waals surface area contributed by atoms with Crippen LogP contribution in [0.4, 0.5) is 0 Å². The third kappa shape index (κ3) is 6.28. The number of thioether (sulfide) groups is 1. The molecule has 0 unspecified atom stereocenters. The van der Waals surface area contributed by atoms with Crippen molar-refractivity contribution in [3.63, 3.8) is 0 Å². The zero-order valence-electron chi connectivity index (χ0n) is 14.5. The van der Waals surface area contributed by atoms with Crippen molar-refractivity contribution in [2.45, 2.75) is 19.3 Å². The number of aromatic nitrogens is 2. The number of benzene rings is 1. The van der Waals surface area contributed by atoms with Gasteiger partial charge in [0, 0.05) is 32.5 Å². The molecule has 0 aliphatic carbocycles. The number of guanidine groups is 1. The van der Waals surface area contributed by atoms with Crippen LogP contribution in [0.3, 0.4) is 0 Å². The van der Waals surface area contributed by atoms with Crippen LogP contribution in [0.1, 0.15) is 18.4 Å². The second-order valence-corrected chi connectivity index (χ2v) is 6.48. The second-order valence-electron chi connectivity index (χ2n) is 5.49. The molecule has 0 saturated heterocycles. The summed E-state index contributed by atoms with van der Waals surface area (Å²) in [5, 5.41) is 11.0. The first kappa shape index (κ1) is 18.4. The minimum absolute atomic E-state index is 0.867. The zero-order valence-corrected chi connectivity index (χ0v) is 15.4. The molecule has 0 spiro atoms. The molecule has 0 saturated carbocycles. The Morgan fingerprint density at radius 2 is 1.96 bits per heavy atom. The topological polar surface area (TPSA) is 54.2 Å². The van der Waals surface area contributed by atoms with Crippen molar-refractivity contribution >= 4 is 17.7 Å². The van der Waals surface area contributed by atoms with Gasteiger partial charge >= 0.3 is 0 Å². The molecule has 1 aromatic heterocycles. The van der Waals surface area contributed by atoms with Gasteiger partial charge in [0.2, 0.25) is 0 Å². The lowest BCUT2D eigenvalue weighted by Crippen LogP contribution is -2.38. The Bertz CT molecular complexity index is 592. The van der Waals surface area contributed by atoms with Gasteiger partial charge < -0.3 is 10.6 Å². The van der Waals surface area contributed by atoms with Crippen molar-refractivity contribution in [1.29, 1.82) is 0 Å². The fraction of sp³-hybridized carbons (Fsp3) is 0.444. The van der Waals surface area contributed by atoms with Gasteiger partial charge in [0.25, 0.3) is 0 Å². The van der Waals surface area contributed by atoms with Gasteiger partial charge in [-0.25, -0.2) is 4.68 Å². The Balaban J connectivity index is 1.69. The first-order valence-electron chi connectivity index (χ1n) is 8.36. The van der Waals surface area contributed by atoms with Gasteiger partial charge in [-0.15, -0.1) is 0 Å². The summed E-state index contributed by atoms with van der Waals surface area (Å²) in [6, 6.07) is 10.4. The zero-order chi connectivity index (χ0) is 17.0. The number of aliphatic imine (C=N–C) groups is 1. The van der Waals surface area contributed by atoms with E-state index in [1.165, 1.54) is 24.2 Å². The Morgan fingerprint density at radius 1 is 1.17 bits per heavy atom. The van der Waals surface area contributed by atoms with Crippen LogP contribution in [-0.4, -0.2) is 47.9 Å². The van der Waals surface area contributed by atoms with Crippen LogP contribution in [0.15, 0.2) is 47.7 Å².